The van der Waals surface area contributed by atoms with Crippen LogP contribution in [0, 0.1) is 41.2 Å². The maximum Gasteiger partial charge on any atom is 0.524 e. The molecule has 4 aromatic carbocycles. The molecule has 5 heterocycles. The number of amides is 5. The lowest BCUT2D eigenvalue weighted by Crippen LogP contribution is -2.64. The summed E-state index contributed by atoms with van der Waals surface area (Å²) in [6.07, 6.45) is -12.8. The van der Waals surface area contributed by atoms with Crippen LogP contribution in [0.25, 0.3) is 11.3 Å². The van der Waals surface area contributed by atoms with Crippen LogP contribution in [0.2, 0.25) is 0 Å². The number of hydrazine groups is 1. The Kier molecular flexibility index (Phi) is 28.3. The molecule has 28 nitrogen and oxygen atoms in total. The van der Waals surface area contributed by atoms with E-state index in [1.165, 1.54) is 87.8 Å². The molecular formula is C78H91F10N12O16P. The lowest BCUT2D eigenvalue weighted by Gasteiger charge is -2.47. The Morgan fingerprint density at radius 1 is 0.718 bits per heavy atom. The number of piperazine rings is 1. The summed E-state index contributed by atoms with van der Waals surface area (Å²) in [6.45, 7) is 7.84. The van der Waals surface area contributed by atoms with E-state index < -0.39 is 181 Å². The minimum Gasteiger partial charge on any atom is -0.459 e. The summed E-state index contributed by atoms with van der Waals surface area (Å²) in [5, 5.41) is 12.9. The Morgan fingerprint density at radius 3 is 1.79 bits per heavy atom. The van der Waals surface area contributed by atoms with Crippen LogP contribution < -0.4 is 36.1 Å². The highest BCUT2D eigenvalue weighted by atomic mass is 31.2. The van der Waals surface area contributed by atoms with Gasteiger partial charge < -0.3 is 54.4 Å². The first-order chi connectivity index (χ1) is 54.5. The normalized spacial score (nSPS) is 16.6. The first kappa shape index (κ1) is 90.5. The number of nitrogens with zero attached hydrogens (tertiary/aromatic N) is 7. The third kappa shape index (κ3) is 23.3. The van der Waals surface area contributed by atoms with E-state index in [4.69, 9.17) is 18.7 Å². The van der Waals surface area contributed by atoms with E-state index in [1.807, 2.05) is 5.32 Å². The van der Waals surface area contributed by atoms with Crippen LogP contribution in [0.1, 0.15) is 143 Å². The molecular weight excluding hydrogens is 1580 g/mol. The predicted molar refractivity (Wildman–Crippen MR) is 400 cm³/mol. The van der Waals surface area contributed by atoms with Gasteiger partial charge in [0, 0.05) is 84.5 Å². The second-order valence-corrected chi connectivity index (χ2v) is 32.6. The third-order valence-corrected chi connectivity index (χ3v) is 20.6. The van der Waals surface area contributed by atoms with E-state index >= 15 is 44.7 Å². The van der Waals surface area contributed by atoms with Crippen LogP contribution in [0.5, 0.6) is 5.75 Å². The number of nitrogens with one attached hydrogen (secondary N) is 5. The molecule has 9 rings (SSSR count). The lowest BCUT2D eigenvalue weighted by atomic mass is 9.77. The summed E-state index contributed by atoms with van der Waals surface area (Å²) in [5.74, 6) is -3.61. The number of aryl methyl sites for hydroxylation is 1. The number of hydrogen-bond acceptors (Lipinski definition) is 20. The molecule has 117 heavy (non-hydrogen) atoms. The number of esters is 2. The number of phosphoric ester groups is 1. The zero-order valence-corrected chi connectivity index (χ0v) is 66.7. The second kappa shape index (κ2) is 36.6. The van der Waals surface area contributed by atoms with Gasteiger partial charge in [-0.1, -0.05) is 56.0 Å². The molecule has 0 radical (unpaired) electrons. The standard InChI is InChI=1S/C78H91F10N12O16P/c1-43-27-50(32-61(101)89-34-46-19-21-48(22-20-46)68(105)115-73(2,3)4)63(59(28-43)116-117(108,109)110)74(5,6)33-62(102)114-60(40-98(96-67(104)65(94-72(107)112-12)76(9,10)78(86,87)88)39-54-55(79)30-49(31-56(54)80)57-25-26-99(95-57)69(81)82)58(92-66(103)64(93-71(106)111-11)75(7,8)77(83,84)85)29-45-16-13-44(14-17-45)15-18-47-35-90-70(91-36-47)97-37-51-23-24-52(38-97)100(51)53-41-113-42-53/h13-14,16-17,19-22,25-28,30-31,35-36,51-53,58,60,64-65,69H,23-24,29,32-34,37-42H2,1-12H3,(H,89,101)(H,92,103)(H,93,106)(H,94,107)(H,96,104)(H2,108,109,110)/t51?,52?,58-,60-,64+,65+/m0/s1. The Labute approximate surface area is 667 Å². The molecule has 2 unspecified atom stereocenters. The molecule has 3 saturated heterocycles. The molecule has 3 aliphatic heterocycles. The van der Waals surface area contributed by atoms with Gasteiger partial charge in [0.15, 0.2) is 0 Å². The van der Waals surface area contributed by atoms with Crippen LogP contribution in [0.15, 0.2) is 97.5 Å². The Hall–Kier alpha value is -10.5. The first-order valence-corrected chi connectivity index (χ1v) is 38.3. The van der Waals surface area contributed by atoms with Gasteiger partial charge in [0.05, 0.1) is 86.6 Å². The number of methoxy groups -OCH3 is 2. The topological polar surface area (TPSA) is 346 Å². The van der Waals surface area contributed by atoms with Crippen LogP contribution >= 0.6 is 7.82 Å². The van der Waals surface area contributed by atoms with Gasteiger partial charge in [-0.15, -0.1) is 0 Å². The number of halogens is 10. The molecule has 3 aliphatic rings. The van der Waals surface area contributed by atoms with Crippen molar-refractivity contribution in [1.29, 1.82) is 0 Å². The molecule has 6 aromatic rings. The Bertz CT molecular complexity index is 4680. The molecule has 5 amide bonds. The van der Waals surface area contributed by atoms with Crippen LogP contribution in [-0.2, 0) is 78.8 Å². The van der Waals surface area contributed by atoms with Crippen LogP contribution in [-0.4, -0.2) is 189 Å². The molecule has 0 saturated carbocycles. The quantitative estimate of drug-likeness (QED) is 0.00550. The average Bonchev–Trinajstić information content (AvgIpc) is 1.61. The highest BCUT2D eigenvalue weighted by molar-refractivity contribution is 7.46. The lowest BCUT2D eigenvalue weighted by molar-refractivity contribution is -0.221. The summed E-state index contributed by atoms with van der Waals surface area (Å²) in [5.41, 5.74) is -7.69. The van der Waals surface area contributed by atoms with E-state index in [2.05, 4.69) is 62.2 Å². The molecule has 7 N–H and O–H groups in total. The third-order valence-electron chi connectivity index (χ3n) is 20.1. The Morgan fingerprint density at radius 2 is 1.27 bits per heavy atom. The number of carbonyl (C=O) groups excluding carboxylic acids is 7. The number of anilines is 1. The fourth-order valence-corrected chi connectivity index (χ4v) is 14.2. The monoisotopic (exact) mass is 1670 g/mol. The number of ether oxygens (including phenoxy) is 5. The number of phosphoric acid groups is 1. The molecule has 0 spiro atoms. The summed E-state index contributed by atoms with van der Waals surface area (Å²) in [7, 11) is -4.08. The van der Waals surface area contributed by atoms with Gasteiger partial charge in [-0.2, -0.15) is 40.2 Å². The molecule has 6 atom stereocenters. The van der Waals surface area contributed by atoms with Gasteiger partial charge in [0.1, 0.15) is 41.2 Å². The van der Waals surface area contributed by atoms with Gasteiger partial charge >= 0.3 is 50.8 Å². The largest absolute Gasteiger partial charge is 0.524 e. The number of fused-ring (bicyclic) bond motifs is 2. The van der Waals surface area contributed by atoms with Crippen molar-refractivity contribution in [2.24, 2.45) is 10.8 Å². The molecule has 39 heteroatoms. The minimum atomic E-state index is -5.58. The fraction of sp³-hybridized carbons (Fsp3) is 0.487. The van der Waals surface area contributed by atoms with Crippen molar-refractivity contribution in [3.8, 4) is 28.8 Å². The number of carbonyl (C=O) groups is 7. The molecule has 3 fully saturated rings. The number of rotatable bonds is 30. The van der Waals surface area contributed by atoms with Crippen molar-refractivity contribution in [2.75, 3.05) is 52.0 Å². The highest BCUT2D eigenvalue weighted by Crippen LogP contribution is 2.47. The maximum atomic E-state index is 17.0. The summed E-state index contributed by atoms with van der Waals surface area (Å²) in [6, 6.07) is 9.90. The number of alkyl carbamates (subject to hydrolysis) is 2. The van der Waals surface area contributed by atoms with E-state index in [1.54, 1.807) is 26.1 Å². The zero-order chi connectivity index (χ0) is 86.2. The van der Waals surface area contributed by atoms with E-state index in [9.17, 15) is 47.1 Å². The molecule has 0 aliphatic carbocycles. The van der Waals surface area contributed by atoms with Crippen molar-refractivity contribution in [2.45, 2.75) is 187 Å². The molecule has 634 valence electrons. The van der Waals surface area contributed by atoms with Crippen molar-refractivity contribution >= 4 is 55.6 Å². The van der Waals surface area contributed by atoms with Gasteiger partial charge in [0.25, 0.3) is 5.91 Å². The van der Waals surface area contributed by atoms with Crippen LogP contribution in [0.4, 0.5) is 59.4 Å². The van der Waals surface area contributed by atoms with Crippen molar-refractivity contribution < 1.29 is 120 Å². The van der Waals surface area contributed by atoms with Gasteiger partial charge in [-0.3, -0.25) is 39.3 Å². The van der Waals surface area contributed by atoms with E-state index in [0.29, 0.717) is 112 Å². The number of hydrogen-bond donors (Lipinski definition) is 7. The molecule has 2 aromatic heterocycles. The summed E-state index contributed by atoms with van der Waals surface area (Å²) >= 11 is 0. The average molecular weight is 1670 g/mol. The van der Waals surface area contributed by atoms with E-state index in [0.717, 1.165) is 45.4 Å². The van der Waals surface area contributed by atoms with Gasteiger partial charge in [-0.05, 0) is 145 Å². The Balaban J connectivity index is 1.15. The second-order valence-electron chi connectivity index (χ2n) is 31.4. The van der Waals surface area contributed by atoms with Crippen molar-refractivity contribution in [3.05, 3.63) is 159 Å². The number of benzene rings is 4. The van der Waals surface area contributed by atoms with Gasteiger partial charge in [0.2, 0.25) is 17.8 Å². The SMILES string of the molecule is COC(=O)N[C@H](C(=O)N[C@@H](Cc1ccc(C#Cc2cnc(N3CC4CCC(C3)N4C3COC3)nc2)cc1)[C@H](CN(Cc1c(F)cc(-c2ccn(C(F)F)n2)cc1F)NC(=O)[C@@H](NC(=O)OC)C(C)(C)C(F)(F)F)OC(=O)CC(C)(C)c1c(CC(=O)NCc2ccc(C(=O)OC(C)(C)C)cc2)cc(C)cc1OP(=O)(O)O)C(C)(C)C(F)(F)F. The fourth-order valence-electron chi connectivity index (χ4n) is 13.8. The maximum absolute atomic E-state index is 17.0. The van der Waals surface area contributed by atoms with Crippen molar-refractivity contribution in [3.63, 3.8) is 0 Å². The number of alkyl halides is 8. The number of aromatic nitrogens is 4. The highest BCUT2D eigenvalue weighted by Gasteiger charge is 2.58. The summed E-state index contributed by atoms with van der Waals surface area (Å²) in [4.78, 5) is 133. The van der Waals surface area contributed by atoms with Crippen LogP contribution in [0.3, 0.4) is 0 Å². The van der Waals surface area contributed by atoms with E-state index in [-0.39, 0.29) is 39.0 Å². The minimum absolute atomic E-state index is 0.0266. The first-order valence-electron chi connectivity index (χ1n) is 36.7. The molecule has 2 bridgehead atoms. The predicted octanol–water partition coefficient (Wildman–Crippen LogP) is 10.5. The summed E-state index contributed by atoms with van der Waals surface area (Å²) < 4.78 is 198. The van der Waals surface area contributed by atoms with Crippen molar-refractivity contribution in [1.82, 2.24) is 56.4 Å². The van der Waals surface area contributed by atoms with Gasteiger partial charge in [-0.25, -0.2) is 47.4 Å². The zero-order valence-electron chi connectivity index (χ0n) is 65.8. The smallest absolute Gasteiger partial charge is 0.459 e.